The zero-order valence-electron chi connectivity index (χ0n) is 15.1. The topological polar surface area (TPSA) is 26.3 Å². The molecule has 132 valence electrons. The average molecular weight is 395 g/mol. The maximum atomic E-state index is 11.7. The molecule has 0 aliphatic carbocycles. The van der Waals surface area contributed by atoms with Gasteiger partial charge in [0.15, 0.2) is 0 Å². The molecule has 0 aromatic heterocycles. The molecule has 0 amide bonds. The Morgan fingerprint density at radius 2 is 1.36 bits per heavy atom. The van der Waals surface area contributed by atoms with Gasteiger partial charge in [-0.2, -0.15) is 0 Å². The van der Waals surface area contributed by atoms with Crippen molar-refractivity contribution in [3.05, 3.63) is 12.2 Å². The molecular weight excluding hydrogens is 359 g/mol. The van der Waals surface area contributed by atoms with Crippen molar-refractivity contribution in [3.8, 4) is 0 Å². The van der Waals surface area contributed by atoms with Gasteiger partial charge < -0.3 is 0 Å². The van der Waals surface area contributed by atoms with E-state index >= 15 is 0 Å². The summed E-state index contributed by atoms with van der Waals surface area (Å²) in [5.74, 6) is -0.251. The van der Waals surface area contributed by atoms with Crippen molar-refractivity contribution in [2.45, 2.75) is 66.2 Å². The first-order chi connectivity index (χ1) is 10.3. The molecule has 0 heterocycles. The molecular formula is C18H36BrO2P. The average Bonchev–Trinajstić information content (AvgIpc) is 2.49. The number of hydrogen-bond acceptors (Lipinski definition) is 2. The molecule has 0 saturated carbocycles. The number of ether oxygens (including phenoxy) is 1. The fourth-order valence-corrected chi connectivity index (χ4v) is 10.7. The minimum atomic E-state index is -1.94. The van der Waals surface area contributed by atoms with Crippen LogP contribution in [0.1, 0.15) is 66.2 Å². The summed E-state index contributed by atoms with van der Waals surface area (Å²) in [7, 11) is 0. The number of rotatable bonds is 13. The summed E-state index contributed by atoms with van der Waals surface area (Å²) in [6, 6.07) is 0. The Labute approximate surface area is 146 Å². The van der Waals surface area contributed by atoms with Gasteiger partial charge in [0.05, 0.1) is 0 Å². The molecule has 0 fully saturated rings. The third-order valence-corrected chi connectivity index (χ3v) is 14.3. The fourth-order valence-electron chi connectivity index (χ4n) is 2.82. The van der Waals surface area contributed by atoms with Gasteiger partial charge in [0.2, 0.25) is 0 Å². The minimum absolute atomic E-state index is 0.251. The van der Waals surface area contributed by atoms with Gasteiger partial charge >= 0.3 is 146 Å². The van der Waals surface area contributed by atoms with Crippen LogP contribution in [0.4, 0.5) is 0 Å². The van der Waals surface area contributed by atoms with E-state index in [2.05, 4.69) is 42.8 Å². The molecule has 0 aromatic rings. The zero-order chi connectivity index (χ0) is 17.1. The van der Waals surface area contributed by atoms with Crippen LogP contribution in [0.5, 0.6) is 0 Å². The monoisotopic (exact) mass is 394 g/mol. The molecule has 0 rings (SSSR count). The van der Waals surface area contributed by atoms with Crippen LogP contribution in [0, 0.1) is 0 Å². The van der Waals surface area contributed by atoms with E-state index in [-0.39, 0.29) is 5.97 Å². The van der Waals surface area contributed by atoms with Crippen molar-refractivity contribution in [3.63, 3.8) is 0 Å². The van der Waals surface area contributed by atoms with Crippen LogP contribution in [0.2, 0.25) is 0 Å². The molecule has 0 saturated heterocycles. The third kappa shape index (κ3) is 8.11. The second-order valence-electron chi connectivity index (χ2n) is 6.69. The van der Waals surface area contributed by atoms with Gasteiger partial charge in [0.1, 0.15) is 0 Å². The van der Waals surface area contributed by atoms with E-state index < -0.39 is 5.31 Å². The van der Waals surface area contributed by atoms with Crippen molar-refractivity contribution < 1.29 is 9.53 Å². The first kappa shape index (κ1) is 22.1. The Morgan fingerprint density at radius 3 is 1.68 bits per heavy atom. The predicted molar refractivity (Wildman–Crippen MR) is 106 cm³/mol. The fraction of sp³-hybridized carbons (Fsp3) is 0.833. The quantitative estimate of drug-likeness (QED) is 0.206. The van der Waals surface area contributed by atoms with E-state index in [9.17, 15) is 4.79 Å². The SMILES string of the molecule is C=C(C)C(=O)OCCP(Br)(CCCC)(CCCC)CCCC. The van der Waals surface area contributed by atoms with Crippen LogP contribution in [0.25, 0.3) is 0 Å². The van der Waals surface area contributed by atoms with E-state index in [1.165, 1.54) is 57.0 Å². The van der Waals surface area contributed by atoms with Crippen LogP contribution >= 0.6 is 20.8 Å². The van der Waals surface area contributed by atoms with Crippen molar-refractivity contribution in [2.75, 3.05) is 31.3 Å². The van der Waals surface area contributed by atoms with Gasteiger partial charge in [-0.05, 0) is 0 Å². The van der Waals surface area contributed by atoms with Gasteiger partial charge in [-0.1, -0.05) is 0 Å². The zero-order valence-corrected chi connectivity index (χ0v) is 17.6. The van der Waals surface area contributed by atoms with E-state index in [1.54, 1.807) is 6.92 Å². The molecule has 0 aliphatic rings. The second-order valence-corrected chi connectivity index (χ2v) is 18.1. The first-order valence-electron chi connectivity index (χ1n) is 8.86. The van der Waals surface area contributed by atoms with Gasteiger partial charge in [-0.25, -0.2) is 0 Å². The maximum absolute atomic E-state index is 11.7. The van der Waals surface area contributed by atoms with Gasteiger partial charge in [0.25, 0.3) is 0 Å². The molecule has 0 aromatic carbocycles. The Morgan fingerprint density at radius 1 is 0.955 bits per heavy atom. The summed E-state index contributed by atoms with van der Waals surface area (Å²) in [6.07, 6.45) is 12.4. The number of hydrogen-bond donors (Lipinski definition) is 0. The third-order valence-electron chi connectivity index (χ3n) is 4.44. The molecule has 0 N–H and O–H groups in total. The molecule has 0 aliphatic heterocycles. The van der Waals surface area contributed by atoms with Gasteiger partial charge in [0, 0.05) is 0 Å². The predicted octanol–water partition coefficient (Wildman–Crippen LogP) is 6.37. The number of carbonyl (C=O) groups is 1. The standard InChI is InChI=1S/C18H36BrO2P/c1-6-9-13-22(19,14-10-7-2,15-11-8-3)16-12-21-18(20)17(4)5/h4,6-16H2,1-3,5H3. The van der Waals surface area contributed by atoms with Crippen LogP contribution in [0.15, 0.2) is 12.2 Å². The van der Waals surface area contributed by atoms with Gasteiger partial charge in [-0.3, -0.25) is 0 Å². The Balaban J connectivity index is 4.97. The van der Waals surface area contributed by atoms with Crippen LogP contribution in [-0.2, 0) is 9.53 Å². The van der Waals surface area contributed by atoms with Crippen molar-refractivity contribution in [1.82, 2.24) is 0 Å². The van der Waals surface area contributed by atoms with E-state index in [4.69, 9.17) is 4.74 Å². The molecule has 0 unspecified atom stereocenters. The van der Waals surface area contributed by atoms with Crippen LogP contribution < -0.4 is 0 Å². The molecule has 0 spiro atoms. The summed E-state index contributed by atoms with van der Waals surface area (Å²) in [5, 5.41) is -1.94. The number of carbonyl (C=O) groups excluding carboxylic acids is 1. The molecule has 4 heteroatoms. The summed E-state index contributed by atoms with van der Waals surface area (Å²) in [4.78, 5) is 11.7. The van der Waals surface area contributed by atoms with Crippen molar-refractivity contribution >= 4 is 26.8 Å². The molecule has 22 heavy (non-hydrogen) atoms. The molecule has 0 atom stereocenters. The van der Waals surface area contributed by atoms with Crippen molar-refractivity contribution in [1.29, 1.82) is 0 Å². The van der Waals surface area contributed by atoms with Crippen molar-refractivity contribution in [2.24, 2.45) is 0 Å². The summed E-state index contributed by atoms with van der Waals surface area (Å²) < 4.78 is 5.43. The summed E-state index contributed by atoms with van der Waals surface area (Å²) in [6.45, 7) is 12.7. The molecule has 0 radical (unpaired) electrons. The number of unbranched alkanes of at least 4 members (excludes halogenated alkanes) is 3. The Hall–Kier alpha value is 0.120. The second kappa shape index (κ2) is 10.8. The van der Waals surface area contributed by atoms with Crippen LogP contribution in [0.3, 0.4) is 0 Å². The van der Waals surface area contributed by atoms with Crippen LogP contribution in [-0.4, -0.2) is 37.2 Å². The number of esters is 1. The Bertz CT molecular complexity index is 330. The van der Waals surface area contributed by atoms with E-state index in [0.717, 1.165) is 6.16 Å². The van der Waals surface area contributed by atoms with Gasteiger partial charge in [-0.15, -0.1) is 0 Å². The normalized spacial score (nSPS) is 13.4. The number of halogens is 1. The summed E-state index contributed by atoms with van der Waals surface area (Å²) >= 11 is 4.30. The molecule has 0 bridgehead atoms. The van der Waals surface area contributed by atoms with E-state index in [0.29, 0.717) is 12.2 Å². The summed E-state index contributed by atoms with van der Waals surface area (Å²) in [5.41, 5.74) is 0.491. The Kier molecular flexibility index (Phi) is 10.9. The molecule has 2 nitrogen and oxygen atoms in total. The van der Waals surface area contributed by atoms with E-state index in [1.807, 2.05) is 0 Å². The first-order valence-corrected chi connectivity index (χ1v) is 13.9.